The zero-order valence-electron chi connectivity index (χ0n) is 20.1. The third kappa shape index (κ3) is 3.88. The van der Waals surface area contributed by atoms with Crippen LogP contribution in [0.15, 0.2) is 35.2 Å². The topological polar surface area (TPSA) is 49.4 Å². The third-order valence-corrected chi connectivity index (χ3v) is 7.76. The average Bonchev–Trinajstić information content (AvgIpc) is 3.02. The maximum absolute atomic E-state index is 12.2. The first-order valence-corrected chi connectivity index (χ1v) is 11.9. The molecule has 4 rings (SSSR count). The van der Waals surface area contributed by atoms with Gasteiger partial charge >= 0.3 is 0 Å². The van der Waals surface area contributed by atoms with Crippen molar-refractivity contribution in [2.75, 3.05) is 19.0 Å². The molecule has 4 nitrogen and oxygen atoms in total. The Morgan fingerprint density at radius 3 is 2.19 bits per heavy atom. The lowest BCUT2D eigenvalue weighted by Crippen LogP contribution is -2.34. The van der Waals surface area contributed by atoms with Crippen molar-refractivity contribution in [3.63, 3.8) is 0 Å². The molecule has 5 heteroatoms. The van der Waals surface area contributed by atoms with Gasteiger partial charge in [-0.05, 0) is 88.4 Å². The average molecular weight is 449 g/mol. The quantitative estimate of drug-likeness (QED) is 0.552. The van der Waals surface area contributed by atoms with Crippen LogP contribution in [0.2, 0.25) is 0 Å². The molecule has 0 unspecified atom stereocenters. The van der Waals surface area contributed by atoms with E-state index in [1.807, 2.05) is 32.3 Å². The lowest BCUT2D eigenvalue weighted by Gasteiger charge is -2.42. The molecule has 0 radical (unpaired) electrons. The van der Waals surface area contributed by atoms with Gasteiger partial charge in [0.15, 0.2) is 0 Å². The number of amides is 2. The van der Waals surface area contributed by atoms with E-state index in [2.05, 4.69) is 63.0 Å². The van der Waals surface area contributed by atoms with Crippen LogP contribution in [0.5, 0.6) is 0 Å². The smallest absolute Gasteiger partial charge is 0.290 e. The molecule has 0 aromatic heterocycles. The van der Waals surface area contributed by atoms with Crippen molar-refractivity contribution in [1.82, 2.24) is 5.32 Å². The van der Waals surface area contributed by atoms with Gasteiger partial charge in [-0.3, -0.25) is 14.9 Å². The first-order chi connectivity index (χ1) is 14.9. The number of aryl methyl sites for hydroxylation is 1. The van der Waals surface area contributed by atoms with E-state index < -0.39 is 0 Å². The lowest BCUT2D eigenvalue weighted by atomic mass is 9.62. The van der Waals surface area contributed by atoms with Crippen LogP contribution < -0.4 is 10.2 Å². The molecule has 2 aromatic rings. The van der Waals surface area contributed by atoms with Crippen LogP contribution in [0.25, 0.3) is 17.2 Å². The summed E-state index contributed by atoms with van der Waals surface area (Å²) in [5.74, 6) is -0.328. The summed E-state index contributed by atoms with van der Waals surface area (Å²) in [6.07, 6.45) is 4.18. The normalized spacial score (nSPS) is 20.3. The van der Waals surface area contributed by atoms with Crippen molar-refractivity contribution in [3.8, 4) is 11.1 Å². The van der Waals surface area contributed by atoms with E-state index in [0.717, 1.165) is 35.0 Å². The molecule has 2 amide bonds. The van der Waals surface area contributed by atoms with Crippen molar-refractivity contribution in [2.45, 2.75) is 58.3 Å². The second-order valence-electron chi connectivity index (χ2n) is 10.5. The minimum absolute atomic E-state index is 0.104. The van der Waals surface area contributed by atoms with E-state index in [1.165, 1.54) is 28.7 Å². The Hall–Kier alpha value is -2.53. The number of imide groups is 1. The predicted octanol–water partition coefficient (Wildman–Crippen LogP) is 6.40. The molecule has 2 aliphatic rings. The van der Waals surface area contributed by atoms with Gasteiger partial charge in [0.05, 0.1) is 4.91 Å². The molecule has 0 bridgehead atoms. The molecule has 1 fully saturated rings. The van der Waals surface area contributed by atoms with Crippen LogP contribution in [0, 0.1) is 6.92 Å². The number of nitrogens with one attached hydrogen (secondary N) is 1. The SMILES string of the molecule is Cc1cc2c(cc1-c1c(/C=C3/SC(=O)NC3=O)cccc1N(C)C)C(C)(C)CCC2(C)C. The lowest BCUT2D eigenvalue weighted by molar-refractivity contribution is -0.115. The number of carbonyl (C=O) groups is 2. The summed E-state index contributed by atoms with van der Waals surface area (Å²) >= 11 is 0.961. The molecule has 0 saturated carbocycles. The van der Waals surface area contributed by atoms with Gasteiger partial charge in [0.1, 0.15) is 0 Å². The minimum Gasteiger partial charge on any atom is -0.377 e. The highest BCUT2D eigenvalue weighted by Gasteiger charge is 2.37. The fourth-order valence-electron chi connectivity index (χ4n) is 4.90. The Bertz CT molecular complexity index is 1160. The van der Waals surface area contributed by atoms with Crippen molar-refractivity contribution in [3.05, 3.63) is 57.5 Å². The fourth-order valence-corrected chi connectivity index (χ4v) is 5.57. The van der Waals surface area contributed by atoms with Crippen molar-refractivity contribution in [1.29, 1.82) is 0 Å². The molecular formula is C27H32N2O2S. The van der Waals surface area contributed by atoms with E-state index in [0.29, 0.717) is 4.91 Å². The molecular weight excluding hydrogens is 416 g/mol. The molecule has 0 atom stereocenters. The summed E-state index contributed by atoms with van der Waals surface area (Å²) in [6, 6.07) is 10.9. The Kier molecular flexibility index (Phi) is 5.52. The Balaban J connectivity index is 1.99. The standard InChI is InChI=1S/C27H32N2O2S/c1-16-13-19-20(27(4,5)12-11-26(19,2)3)15-18(16)23-17(9-8-10-21(23)29(6)7)14-22-24(30)28-25(31)32-22/h8-10,13-15H,11-12H2,1-7H3,(H,28,30,31)/b22-14+. The molecule has 32 heavy (non-hydrogen) atoms. The molecule has 1 saturated heterocycles. The molecule has 1 heterocycles. The van der Waals surface area contributed by atoms with Crippen LogP contribution in [-0.4, -0.2) is 25.2 Å². The van der Waals surface area contributed by atoms with Crippen molar-refractivity contribution in [2.24, 2.45) is 0 Å². The first-order valence-electron chi connectivity index (χ1n) is 11.1. The third-order valence-electron chi connectivity index (χ3n) is 6.95. The minimum atomic E-state index is -0.328. The first kappa shape index (κ1) is 22.7. The number of hydrogen-bond acceptors (Lipinski definition) is 4. The summed E-state index contributed by atoms with van der Waals surface area (Å²) in [4.78, 5) is 26.5. The van der Waals surface area contributed by atoms with E-state index in [1.54, 1.807) is 0 Å². The molecule has 1 aliphatic carbocycles. The Morgan fingerprint density at radius 2 is 1.62 bits per heavy atom. The van der Waals surface area contributed by atoms with Crippen molar-refractivity contribution < 1.29 is 9.59 Å². The largest absolute Gasteiger partial charge is 0.377 e. The van der Waals surface area contributed by atoms with Gasteiger partial charge in [-0.25, -0.2) is 0 Å². The van der Waals surface area contributed by atoms with E-state index in [9.17, 15) is 9.59 Å². The highest BCUT2D eigenvalue weighted by Crippen LogP contribution is 2.49. The van der Waals surface area contributed by atoms with Gasteiger partial charge < -0.3 is 4.90 Å². The van der Waals surface area contributed by atoms with Gasteiger partial charge in [0.25, 0.3) is 11.1 Å². The van der Waals surface area contributed by atoms with E-state index in [-0.39, 0.29) is 22.0 Å². The van der Waals surface area contributed by atoms with Gasteiger partial charge in [-0.2, -0.15) is 0 Å². The van der Waals surface area contributed by atoms with E-state index in [4.69, 9.17) is 0 Å². The Morgan fingerprint density at radius 1 is 1.00 bits per heavy atom. The molecule has 168 valence electrons. The number of benzene rings is 2. The zero-order valence-corrected chi connectivity index (χ0v) is 20.9. The second kappa shape index (κ2) is 7.80. The fraction of sp³-hybridized carbons (Fsp3) is 0.407. The highest BCUT2D eigenvalue weighted by atomic mass is 32.2. The van der Waals surface area contributed by atoms with Crippen LogP contribution in [0.1, 0.15) is 62.8 Å². The maximum atomic E-state index is 12.2. The van der Waals surface area contributed by atoms with Crippen LogP contribution >= 0.6 is 11.8 Å². The predicted molar refractivity (Wildman–Crippen MR) is 135 cm³/mol. The van der Waals surface area contributed by atoms with Crippen LogP contribution in [0.3, 0.4) is 0 Å². The second-order valence-corrected chi connectivity index (χ2v) is 11.5. The summed E-state index contributed by atoms with van der Waals surface area (Å²) in [7, 11) is 4.08. The summed E-state index contributed by atoms with van der Waals surface area (Å²) in [5, 5.41) is 2.04. The van der Waals surface area contributed by atoms with E-state index >= 15 is 0 Å². The number of rotatable bonds is 3. The van der Waals surface area contributed by atoms with Crippen molar-refractivity contribution >= 4 is 34.7 Å². The number of fused-ring (bicyclic) bond motifs is 1. The number of hydrogen-bond donors (Lipinski definition) is 1. The number of carbonyl (C=O) groups excluding carboxylic acids is 2. The summed E-state index contributed by atoms with van der Waals surface area (Å²) in [5.41, 5.74) is 8.63. The number of anilines is 1. The van der Waals surface area contributed by atoms with Crippen LogP contribution in [-0.2, 0) is 15.6 Å². The van der Waals surface area contributed by atoms with Gasteiger partial charge in [0.2, 0.25) is 0 Å². The van der Waals surface area contributed by atoms with Gasteiger partial charge in [0, 0.05) is 25.3 Å². The summed E-state index contributed by atoms with van der Waals surface area (Å²) < 4.78 is 0. The molecule has 2 aromatic carbocycles. The van der Waals surface area contributed by atoms with Gasteiger partial charge in [-0.15, -0.1) is 0 Å². The Labute approximate surface area is 195 Å². The highest BCUT2D eigenvalue weighted by molar-refractivity contribution is 8.18. The number of thioether (sulfide) groups is 1. The molecule has 1 N–H and O–H groups in total. The van der Waals surface area contributed by atoms with Crippen LogP contribution in [0.4, 0.5) is 10.5 Å². The summed E-state index contributed by atoms with van der Waals surface area (Å²) in [6.45, 7) is 11.5. The number of nitrogens with zero attached hydrogens (tertiary/aromatic N) is 1. The monoisotopic (exact) mass is 448 g/mol. The molecule has 1 aliphatic heterocycles. The maximum Gasteiger partial charge on any atom is 0.290 e. The zero-order chi connectivity index (χ0) is 23.4. The molecule has 0 spiro atoms. The van der Waals surface area contributed by atoms with Gasteiger partial charge in [-0.1, -0.05) is 45.9 Å².